The number of hydrogen-bond acceptors (Lipinski definition) is 9. The molecule has 198 valence electrons. The van der Waals surface area contributed by atoms with Gasteiger partial charge in [0.25, 0.3) is 5.91 Å². The highest BCUT2D eigenvalue weighted by Crippen LogP contribution is 2.41. The Labute approximate surface area is 220 Å². The Bertz CT molecular complexity index is 1500. The molecule has 1 N–H and O–H groups in total. The number of nitrogens with one attached hydrogen (secondary N) is 1. The number of carbonyl (C=O) groups excluding carboxylic acids is 1. The lowest BCUT2D eigenvalue weighted by atomic mass is 10.2. The van der Waals surface area contributed by atoms with E-state index >= 15 is 0 Å². The Morgan fingerprint density at radius 2 is 1.55 bits per heavy atom. The fourth-order valence-corrected chi connectivity index (χ4v) is 4.81. The first-order valence-electron chi connectivity index (χ1n) is 11.3. The van der Waals surface area contributed by atoms with Crippen molar-refractivity contribution in [3.8, 4) is 28.7 Å². The zero-order valence-corrected chi connectivity index (χ0v) is 22.0. The lowest BCUT2D eigenvalue weighted by Gasteiger charge is -2.17. The van der Waals surface area contributed by atoms with Crippen LogP contribution in [-0.2, 0) is 16.6 Å². The standard InChI is InChI=1S/C26H26N4O7S/c1-30(16-17-8-6-5-7-9-17)38(32,33)20-12-10-18(11-13-20)24(31)27-26-29-28-25(37-26)19-14-21(34-2)23(36-4)22(15-19)35-3/h5-15H,16H2,1-4H3,(H,27,29,31). The third-order valence-electron chi connectivity index (χ3n) is 5.63. The van der Waals surface area contributed by atoms with Crippen molar-refractivity contribution in [1.29, 1.82) is 0 Å². The van der Waals surface area contributed by atoms with Gasteiger partial charge in [-0.1, -0.05) is 35.4 Å². The number of carbonyl (C=O) groups is 1. The fraction of sp³-hybridized carbons (Fsp3) is 0.192. The number of nitrogens with zero attached hydrogens (tertiary/aromatic N) is 3. The monoisotopic (exact) mass is 538 g/mol. The Balaban J connectivity index is 1.47. The number of sulfonamides is 1. The molecule has 1 heterocycles. The first kappa shape index (κ1) is 26.6. The molecule has 0 fully saturated rings. The second kappa shape index (κ2) is 11.3. The van der Waals surface area contributed by atoms with Gasteiger partial charge >= 0.3 is 6.01 Å². The maximum Gasteiger partial charge on any atom is 0.322 e. The molecule has 0 spiro atoms. The number of methoxy groups -OCH3 is 3. The predicted octanol–water partition coefficient (Wildman–Crippen LogP) is 3.84. The van der Waals surface area contributed by atoms with E-state index in [-0.39, 0.29) is 28.9 Å². The van der Waals surface area contributed by atoms with E-state index in [4.69, 9.17) is 18.6 Å². The van der Waals surface area contributed by atoms with E-state index in [0.717, 1.165) is 5.56 Å². The van der Waals surface area contributed by atoms with Crippen LogP contribution in [0.5, 0.6) is 17.2 Å². The minimum atomic E-state index is -3.75. The van der Waals surface area contributed by atoms with Crippen LogP contribution in [0.25, 0.3) is 11.5 Å². The van der Waals surface area contributed by atoms with Crippen LogP contribution >= 0.6 is 0 Å². The molecule has 4 aromatic rings. The van der Waals surface area contributed by atoms with Crippen LogP contribution in [0.3, 0.4) is 0 Å². The summed E-state index contributed by atoms with van der Waals surface area (Å²) in [6, 6.07) is 18.0. The van der Waals surface area contributed by atoms with E-state index < -0.39 is 15.9 Å². The van der Waals surface area contributed by atoms with E-state index in [1.807, 2.05) is 30.3 Å². The maximum atomic E-state index is 12.9. The lowest BCUT2D eigenvalue weighted by molar-refractivity contribution is 0.102. The summed E-state index contributed by atoms with van der Waals surface area (Å²) < 4.78 is 48.7. The van der Waals surface area contributed by atoms with Crippen molar-refractivity contribution in [3.05, 3.63) is 77.9 Å². The number of amides is 1. The molecule has 0 aliphatic rings. The first-order chi connectivity index (χ1) is 18.3. The van der Waals surface area contributed by atoms with E-state index in [1.54, 1.807) is 12.1 Å². The van der Waals surface area contributed by atoms with Gasteiger partial charge in [-0.2, -0.15) is 4.31 Å². The highest BCUT2D eigenvalue weighted by molar-refractivity contribution is 7.89. The Morgan fingerprint density at radius 3 is 2.13 bits per heavy atom. The fourth-order valence-electron chi connectivity index (χ4n) is 3.65. The van der Waals surface area contributed by atoms with Gasteiger partial charge in [0, 0.05) is 24.7 Å². The third-order valence-corrected chi connectivity index (χ3v) is 7.45. The van der Waals surface area contributed by atoms with Crippen LogP contribution in [0.1, 0.15) is 15.9 Å². The predicted molar refractivity (Wildman–Crippen MR) is 139 cm³/mol. The zero-order chi connectivity index (χ0) is 27.3. The highest BCUT2D eigenvalue weighted by Gasteiger charge is 2.22. The average molecular weight is 539 g/mol. The highest BCUT2D eigenvalue weighted by atomic mass is 32.2. The Morgan fingerprint density at radius 1 is 0.921 bits per heavy atom. The van der Waals surface area contributed by atoms with E-state index in [1.165, 1.54) is 56.9 Å². The number of rotatable bonds is 10. The summed E-state index contributed by atoms with van der Waals surface area (Å²) in [7, 11) is 2.21. The molecule has 3 aromatic carbocycles. The molecule has 38 heavy (non-hydrogen) atoms. The van der Waals surface area contributed by atoms with Crippen molar-refractivity contribution in [2.45, 2.75) is 11.4 Å². The minimum Gasteiger partial charge on any atom is -0.493 e. The normalized spacial score (nSPS) is 11.3. The lowest BCUT2D eigenvalue weighted by Crippen LogP contribution is -2.26. The van der Waals surface area contributed by atoms with Gasteiger partial charge in [0.1, 0.15) is 0 Å². The summed E-state index contributed by atoms with van der Waals surface area (Å²) in [6.45, 7) is 0.219. The maximum absolute atomic E-state index is 12.9. The summed E-state index contributed by atoms with van der Waals surface area (Å²) >= 11 is 0. The molecule has 0 radical (unpaired) electrons. The largest absolute Gasteiger partial charge is 0.493 e. The second-order valence-corrected chi connectivity index (χ2v) is 10.1. The second-order valence-electron chi connectivity index (χ2n) is 8.05. The molecule has 0 unspecified atom stereocenters. The van der Waals surface area contributed by atoms with Crippen LogP contribution in [0.15, 0.2) is 76.0 Å². The zero-order valence-electron chi connectivity index (χ0n) is 21.2. The number of hydrogen-bond donors (Lipinski definition) is 1. The van der Waals surface area contributed by atoms with E-state index in [2.05, 4.69) is 15.5 Å². The molecule has 0 saturated carbocycles. The molecule has 4 rings (SSSR count). The van der Waals surface area contributed by atoms with Gasteiger partial charge < -0.3 is 18.6 Å². The van der Waals surface area contributed by atoms with Crippen molar-refractivity contribution < 1.29 is 31.8 Å². The minimum absolute atomic E-state index is 0.0648. The van der Waals surface area contributed by atoms with E-state index in [0.29, 0.717) is 22.8 Å². The molecule has 0 atom stereocenters. The van der Waals surface area contributed by atoms with Gasteiger partial charge in [0.2, 0.25) is 21.7 Å². The molecular weight excluding hydrogens is 512 g/mol. The van der Waals surface area contributed by atoms with Gasteiger partial charge in [-0.05, 0) is 42.0 Å². The molecule has 0 saturated heterocycles. The molecular formula is C26H26N4O7S. The third kappa shape index (κ3) is 5.61. The summed E-state index contributed by atoms with van der Waals surface area (Å²) in [5, 5.41) is 10.4. The number of ether oxygens (including phenoxy) is 3. The summed E-state index contributed by atoms with van der Waals surface area (Å²) in [5.41, 5.74) is 1.56. The Hall–Kier alpha value is -4.42. The van der Waals surface area contributed by atoms with Gasteiger partial charge in [0.15, 0.2) is 11.5 Å². The number of benzene rings is 3. The van der Waals surface area contributed by atoms with Gasteiger partial charge in [0.05, 0.1) is 26.2 Å². The van der Waals surface area contributed by atoms with Crippen LogP contribution in [0.4, 0.5) is 6.01 Å². The topological polar surface area (TPSA) is 133 Å². The molecule has 1 aromatic heterocycles. The average Bonchev–Trinajstić information content (AvgIpc) is 3.41. The van der Waals surface area contributed by atoms with Gasteiger partial charge in [-0.25, -0.2) is 8.42 Å². The SMILES string of the molecule is COc1cc(-c2nnc(NC(=O)c3ccc(S(=O)(=O)N(C)Cc4ccccc4)cc3)o2)cc(OC)c1OC. The van der Waals surface area contributed by atoms with Gasteiger partial charge in [-0.3, -0.25) is 10.1 Å². The Kier molecular flexibility index (Phi) is 7.93. The molecule has 12 heteroatoms. The van der Waals surface area contributed by atoms with E-state index in [9.17, 15) is 13.2 Å². The van der Waals surface area contributed by atoms with Crippen LogP contribution in [0.2, 0.25) is 0 Å². The summed E-state index contributed by atoms with van der Waals surface area (Å²) in [4.78, 5) is 12.8. The summed E-state index contributed by atoms with van der Waals surface area (Å²) in [5.74, 6) is 0.767. The van der Waals surface area contributed by atoms with Crippen molar-refractivity contribution in [2.24, 2.45) is 0 Å². The van der Waals surface area contributed by atoms with Crippen molar-refractivity contribution in [2.75, 3.05) is 33.7 Å². The van der Waals surface area contributed by atoms with Crippen molar-refractivity contribution in [3.63, 3.8) is 0 Å². The van der Waals surface area contributed by atoms with Crippen LogP contribution < -0.4 is 19.5 Å². The first-order valence-corrected chi connectivity index (χ1v) is 12.8. The van der Waals surface area contributed by atoms with Gasteiger partial charge in [-0.15, -0.1) is 5.10 Å². The van der Waals surface area contributed by atoms with Crippen molar-refractivity contribution in [1.82, 2.24) is 14.5 Å². The van der Waals surface area contributed by atoms with Crippen molar-refractivity contribution >= 4 is 21.9 Å². The molecule has 11 nitrogen and oxygen atoms in total. The number of aromatic nitrogens is 2. The quantitative estimate of drug-likeness (QED) is 0.320. The smallest absolute Gasteiger partial charge is 0.322 e. The number of anilines is 1. The molecule has 0 bridgehead atoms. The van der Waals surface area contributed by atoms with Crippen LogP contribution in [-0.4, -0.2) is 57.2 Å². The molecule has 0 aliphatic heterocycles. The molecule has 0 aliphatic carbocycles. The van der Waals surface area contributed by atoms with Crippen LogP contribution in [0, 0.1) is 0 Å². The summed E-state index contributed by atoms with van der Waals surface area (Å²) in [6.07, 6.45) is 0. The molecule has 1 amide bonds.